The summed E-state index contributed by atoms with van der Waals surface area (Å²) < 4.78 is 2.08. The zero-order valence-corrected chi connectivity index (χ0v) is 16.3. The zero-order valence-electron chi connectivity index (χ0n) is 16.3. The summed E-state index contributed by atoms with van der Waals surface area (Å²) >= 11 is 0. The summed E-state index contributed by atoms with van der Waals surface area (Å²) in [5.41, 5.74) is 2.41. The molecular weight excluding hydrogens is 366 g/mol. The lowest BCUT2D eigenvalue weighted by molar-refractivity contribution is -0.129. The number of fused-ring (bicyclic) bond motifs is 2. The van der Waals surface area contributed by atoms with E-state index in [4.69, 9.17) is 4.98 Å². The van der Waals surface area contributed by atoms with Crippen LogP contribution in [0.1, 0.15) is 34.8 Å². The molecule has 0 saturated heterocycles. The molecule has 1 aromatic carbocycles. The maximum Gasteiger partial charge on any atom is 0.256 e. The Morgan fingerprint density at radius 3 is 2.79 bits per heavy atom. The summed E-state index contributed by atoms with van der Waals surface area (Å²) in [5.74, 6) is 0.932. The van der Waals surface area contributed by atoms with E-state index in [2.05, 4.69) is 9.55 Å². The van der Waals surface area contributed by atoms with Gasteiger partial charge in [-0.1, -0.05) is 30.4 Å². The summed E-state index contributed by atoms with van der Waals surface area (Å²) in [6.45, 7) is 4.65. The van der Waals surface area contributed by atoms with Crippen molar-refractivity contribution in [1.29, 1.82) is 0 Å². The lowest BCUT2D eigenvalue weighted by Crippen LogP contribution is -2.41. The Hall–Kier alpha value is -3.35. The number of nitrogens with one attached hydrogen (secondary N) is 1. The van der Waals surface area contributed by atoms with E-state index in [1.807, 2.05) is 59.3 Å². The first-order valence-corrected chi connectivity index (χ1v) is 9.97. The van der Waals surface area contributed by atoms with Crippen LogP contribution in [0.2, 0.25) is 0 Å². The van der Waals surface area contributed by atoms with Crippen LogP contribution in [0.5, 0.6) is 0 Å². The fourth-order valence-electron chi connectivity index (χ4n) is 4.26. The fraction of sp³-hybridized carbons (Fsp3) is 0.318. The van der Waals surface area contributed by atoms with E-state index in [9.17, 15) is 9.59 Å². The van der Waals surface area contributed by atoms with Crippen LogP contribution in [0.15, 0.2) is 48.8 Å². The van der Waals surface area contributed by atoms with Crippen molar-refractivity contribution in [2.24, 2.45) is 0 Å². The molecule has 3 aromatic rings. The molecule has 1 N–H and O–H groups in total. The molecule has 0 spiro atoms. The van der Waals surface area contributed by atoms with Crippen LogP contribution in [0, 0.1) is 0 Å². The molecule has 1 atom stereocenters. The highest BCUT2D eigenvalue weighted by Gasteiger charge is 2.31. The molecule has 2 aromatic heterocycles. The molecule has 7 nitrogen and oxygen atoms in total. The molecule has 2 aliphatic heterocycles. The molecule has 148 valence electrons. The van der Waals surface area contributed by atoms with Crippen molar-refractivity contribution in [3.05, 3.63) is 65.9 Å². The van der Waals surface area contributed by atoms with Crippen molar-refractivity contribution >= 4 is 22.7 Å². The number of hydrogen-bond donors (Lipinski definition) is 1. The predicted molar refractivity (Wildman–Crippen MR) is 109 cm³/mol. The molecule has 0 bridgehead atoms. The molecule has 4 heterocycles. The summed E-state index contributed by atoms with van der Waals surface area (Å²) in [5, 5.41) is 0.934. The molecule has 2 aliphatic rings. The average molecular weight is 389 g/mol. The number of imidazole rings is 1. The number of H-pyrrole nitrogens is 1. The van der Waals surface area contributed by atoms with Crippen molar-refractivity contribution in [3.63, 3.8) is 0 Å². The van der Waals surface area contributed by atoms with Gasteiger partial charge in [-0.25, -0.2) is 4.98 Å². The van der Waals surface area contributed by atoms with Crippen molar-refractivity contribution in [3.8, 4) is 0 Å². The Bertz CT molecular complexity index is 1120. The van der Waals surface area contributed by atoms with E-state index in [1.165, 1.54) is 0 Å². The Kier molecular flexibility index (Phi) is 4.23. The first kappa shape index (κ1) is 17.7. The quantitative estimate of drug-likeness (QED) is 0.700. The second-order valence-corrected chi connectivity index (χ2v) is 7.65. The van der Waals surface area contributed by atoms with Gasteiger partial charge >= 0.3 is 0 Å². The highest BCUT2D eigenvalue weighted by molar-refractivity contribution is 6.06. The van der Waals surface area contributed by atoms with Crippen LogP contribution in [-0.4, -0.2) is 55.8 Å². The largest absolute Gasteiger partial charge is 0.360 e. The van der Waals surface area contributed by atoms with Crippen LogP contribution >= 0.6 is 0 Å². The van der Waals surface area contributed by atoms with Gasteiger partial charge in [0.05, 0.1) is 23.7 Å². The van der Waals surface area contributed by atoms with E-state index in [1.54, 1.807) is 6.20 Å². The number of benzene rings is 1. The highest BCUT2D eigenvalue weighted by atomic mass is 16.2. The van der Waals surface area contributed by atoms with Gasteiger partial charge in [0.2, 0.25) is 5.91 Å². The zero-order chi connectivity index (χ0) is 20.0. The molecule has 7 heteroatoms. The van der Waals surface area contributed by atoms with E-state index in [0.717, 1.165) is 22.4 Å². The second-order valence-electron chi connectivity index (χ2n) is 7.65. The number of carbonyl (C=O) groups is 2. The summed E-state index contributed by atoms with van der Waals surface area (Å²) in [7, 11) is 0. The van der Waals surface area contributed by atoms with Crippen molar-refractivity contribution in [2.45, 2.75) is 25.9 Å². The summed E-state index contributed by atoms with van der Waals surface area (Å²) in [6.07, 6.45) is 8.05. The first-order chi connectivity index (χ1) is 14.1. The molecule has 0 radical (unpaired) electrons. The van der Waals surface area contributed by atoms with Gasteiger partial charge in [0, 0.05) is 49.5 Å². The van der Waals surface area contributed by atoms with Crippen LogP contribution in [0.4, 0.5) is 0 Å². The Morgan fingerprint density at radius 1 is 1.17 bits per heavy atom. The van der Waals surface area contributed by atoms with Crippen molar-refractivity contribution in [2.75, 3.05) is 19.6 Å². The lowest BCUT2D eigenvalue weighted by Gasteiger charge is -2.33. The number of amides is 2. The number of nitrogens with zero attached hydrogens (tertiary/aromatic N) is 4. The number of aromatic amines is 1. The monoisotopic (exact) mass is 389 g/mol. The topological polar surface area (TPSA) is 74.2 Å². The third kappa shape index (κ3) is 3.03. The Morgan fingerprint density at radius 2 is 1.97 bits per heavy atom. The minimum absolute atomic E-state index is 0.00460. The molecule has 0 fully saturated rings. The third-order valence-corrected chi connectivity index (χ3v) is 5.86. The standard InChI is InChI=1S/C22H23N5O2/c1-15-21-24-16(12-20(28)25-8-4-5-9-25)14-26(21)10-11-27(15)22(29)18-13-23-19-7-3-2-6-17(18)19/h2-7,13-15,23H,8-12H2,1H3. The number of rotatable bonds is 3. The Labute approximate surface area is 168 Å². The van der Waals surface area contributed by atoms with Crippen molar-refractivity contribution in [1.82, 2.24) is 24.3 Å². The molecular formula is C22H23N5O2. The van der Waals surface area contributed by atoms with E-state index in [0.29, 0.717) is 38.2 Å². The number of para-hydroxylation sites is 1. The molecule has 5 rings (SSSR count). The van der Waals surface area contributed by atoms with Crippen molar-refractivity contribution < 1.29 is 9.59 Å². The minimum Gasteiger partial charge on any atom is -0.360 e. The molecule has 0 saturated carbocycles. The smallest absolute Gasteiger partial charge is 0.256 e. The number of hydrogen-bond acceptors (Lipinski definition) is 3. The molecule has 0 aliphatic carbocycles. The van der Waals surface area contributed by atoms with Gasteiger partial charge in [-0.05, 0) is 13.0 Å². The lowest BCUT2D eigenvalue weighted by atomic mass is 10.1. The number of carbonyl (C=O) groups excluding carboxylic acids is 2. The molecule has 1 unspecified atom stereocenters. The first-order valence-electron chi connectivity index (χ1n) is 9.97. The summed E-state index contributed by atoms with van der Waals surface area (Å²) in [6, 6.07) is 7.68. The predicted octanol–water partition coefficient (Wildman–Crippen LogP) is 2.52. The normalized spacial score (nSPS) is 18.4. The SMILES string of the molecule is CC1c2nc(CC(=O)N3CC=CC3)cn2CCN1C(=O)c1c[nH]c2ccccc12. The Balaban J connectivity index is 1.36. The van der Waals surface area contributed by atoms with E-state index < -0.39 is 0 Å². The maximum atomic E-state index is 13.3. The van der Waals surface area contributed by atoms with E-state index >= 15 is 0 Å². The van der Waals surface area contributed by atoms with E-state index in [-0.39, 0.29) is 17.9 Å². The molecule has 29 heavy (non-hydrogen) atoms. The fourth-order valence-corrected chi connectivity index (χ4v) is 4.26. The number of aromatic nitrogens is 3. The highest BCUT2D eigenvalue weighted by Crippen LogP contribution is 2.28. The summed E-state index contributed by atoms with van der Waals surface area (Å²) in [4.78, 5) is 37.3. The third-order valence-electron chi connectivity index (χ3n) is 5.86. The van der Waals surface area contributed by atoms with Gasteiger partial charge in [-0.2, -0.15) is 0 Å². The van der Waals surface area contributed by atoms with Gasteiger partial charge < -0.3 is 19.4 Å². The second kappa shape index (κ2) is 6.92. The van der Waals surface area contributed by atoms with Gasteiger partial charge in [-0.3, -0.25) is 9.59 Å². The minimum atomic E-state index is -0.151. The maximum absolute atomic E-state index is 13.3. The van der Waals surface area contributed by atoms with Gasteiger partial charge in [-0.15, -0.1) is 0 Å². The van der Waals surface area contributed by atoms with Crippen LogP contribution in [0.25, 0.3) is 10.9 Å². The van der Waals surface area contributed by atoms with Gasteiger partial charge in [0.15, 0.2) is 0 Å². The average Bonchev–Trinajstić information content (AvgIpc) is 3.47. The van der Waals surface area contributed by atoms with Crippen LogP contribution < -0.4 is 0 Å². The van der Waals surface area contributed by atoms with Crippen LogP contribution in [0.3, 0.4) is 0 Å². The molecule has 2 amide bonds. The van der Waals surface area contributed by atoms with Gasteiger partial charge in [0.25, 0.3) is 5.91 Å². The van der Waals surface area contributed by atoms with Crippen LogP contribution in [-0.2, 0) is 17.8 Å². The van der Waals surface area contributed by atoms with Gasteiger partial charge in [0.1, 0.15) is 5.82 Å².